The van der Waals surface area contributed by atoms with E-state index in [9.17, 15) is 37.5 Å². The lowest BCUT2D eigenvalue weighted by Crippen LogP contribution is -2.51. The molecule has 14 nitrogen and oxygen atoms in total. The summed E-state index contributed by atoms with van der Waals surface area (Å²) in [6.45, 7) is 1.40. The van der Waals surface area contributed by atoms with Gasteiger partial charge in [0.2, 0.25) is 27.7 Å². The van der Waals surface area contributed by atoms with Crippen LogP contribution >= 0.6 is 23.2 Å². The van der Waals surface area contributed by atoms with E-state index >= 15 is 0 Å². The minimum atomic E-state index is -4.17. The number of benzene rings is 3. The van der Waals surface area contributed by atoms with Gasteiger partial charge in [-0.05, 0) is 73.7 Å². The Labute approximate surface area is 298 Å². The fourth-order valence-corrected chi connectivity index (χ4v) is 7.56. The molecule has 1 saturated heterocycles. The van der Waals surface area contributed by atoms with Crippen molar-refractivity contribution in [3.8, 4) is 0 Å². The molecule has 0 unspecified atom stereocenters. The van der Waals surface area contributed by atoms with Crippen molar-refractivity contribution in [1.82, 2.24) is 20.3 Å². The van der Waals surface area contributed by atoms with Crippen LogP contribution < -0.4 is 26.6 Å². The number of amides is 5. The van der Waals surface area contributed by atoms with Gasteiger partial charge in [0.1, 0.15) is 12.1 Å². The maximum Gasteiger partial charge on any atom is 0.326 e. The van der Waals surface area contributed by atoms with Gasteiger partial charge in [0.05, 0.1) is 17.9 Å². The second kappa shape index (κ2) is 17.3. The number of halogens is 2. The molecule has 0 radical (unpaired) electrons. The van der Waals surface area contributed by atoms with Crippen LogP contribution in [0.1, 0.15) is 30.4 Å². The number of para-hydroxylation sites is 1. The first-order valence-corrected chi connectivity index (χ1v) is 17.7. The zero-order valence-corrected chi connectivity index (χ0v) is 29.2. The minimum Gasteiger partial charge on any atom is -0.480 e. The smallest absolute Gasteiger partial charge is 0.326 e. The van der Waals surface area contributed by atoms with Gasteiger partial charge in [-0.2, -0.15) is 4.31 Å². The number of carboxylic acid groups (broad SMARTS) is 1. The monoisotopic (exact) mass is 746 g/mol. The number of hydrogen-bond acceptors (Lipinski definition) is 7. The van der Waals surface area contributed by atoms with Gasteiger partial charge in [0, 0.05) is 34.5 Å². The maximum absolute atomic E-state index is 13.3. The highest BCUT2D eigenvalue weighted by Crippen LogP contribution is 2.30. The fraction of sp³-hybridized carbons (Fsp3) is 0.303. The van der Waals surface area contributed by atoms with Gasteiger partial charge < -0.3 is 31.7 Å². The van der Waals surface area contributed by atoms with Crippen molar-refractivity contribution < 1.29 is 37.5 Å². The topological polar surface area (TPSA) is 203 Å². The van der Waals surface area contributed by atoms with Crippen LogP contribution in [-0.4, -0.2) is 79.3 Å². The minimum absolute atomic E-state index is 0.0334. The molecule has 0 aliphatic carbocycles. The molecule has 0 spiro atoms. The van der Waals surface area contributed by atoms with E-state index < -0.39 is 51.8 Å². The Morgan fingerprint density at radius 1 is 0.920 bits per heavy atom. The molecule has 0 saturated carbocycles. The number of carbonyl (C=O) groups excluding carboxylic acids is 4. The Balaban J connectivity index is 1.19. The third kappa shape index (κ3) is 10.6. The molecule has 5 amide bonds. The van der Waals surface area contributed by atoms with Crippen LogP contribution in [0.3, 0.4) is 0 Å². The van der Waals surface area contributed by atoms with Gasteiger partial charge in [0.25, 0.3) is 0 Å². The summed E-state index contributed by atoms with van der Waals surface area (Å²) in [6, 6.07) is 14.8. The second-order valence-corrected chi connectivity index (χ2v) is 14.2. The number of carbonyl (C=O) groups is 5. The van der Waals surface area contributed by atoms with E-state index in [-0.39, 0.29) is 53.8 Å². The van der Waals surface area contributed by atoms with Crippen LogP contribution in [0, 0.1) is 6.92 Å². The highest BCUT2D eigenvalue weighted by molar-refractivity contribution is 7.89. The number of nitrogens with one attached hydrogen (secondary N) is 5. The number of carboxylic acids is 1. The Bertz CT molecular complexity index is 1840. The lowest BCUT2D eigenvalue weighted by atomic mass is 10.1. The standard InChI is InChI=1S/C33H36Cl2N6O8S/c1-20-5-2-3-6-26(20)40-33(47)38-24-10-8-21(9-11-24)15-29(42)37-19-30(43)36-13-12-27(32(45)46)39-31(44)28-7-4-14-41(28)50(48,49)25-17-22(34)16-23(35)18-25/h2-3,5-6,8-11,16-18,27-28H,4,7,12-15,19H2,1H3,(H,36,43)(H,37,42)(H,39,44)(H,45,46)(H2,38,40,47)/t27-,28-/m0/s1. The molecule has 2 atom stereocenters. The first-order valence-electron chi connectivity index (χ1n) is 15.5. The molecule has 1 heterocycles. The third-order valence-electron chi connectivity index (χ3n) is 7.73. The highest BCUT2D eigenvalue weighted by atomic mass is 35.5. The summed E-state index contributed by atoms with van der Waals surface area (Å²) >= 11 is 11.9. The van der Waals surface area contributed by atoms with Crippen molar-refractivity contribution in [2.75, 3.05) is 30.3 Å². The van der Waals surface area contributed by atoms with Crippen LogP contribution in [0.4, 0.5) is 16.2 Å². The quantitative estimate of drug-likeness (QED) is 0.144. The van der Waals surface area contributed by atoms with E-state index in [1.165, 1.54) is 18.2 Å². The van der Waals surface area contributed by atoms with E-state index in [0.29, 0.717) is 23.4 Å². The molecule has 0 bridgehead atoms. The zero-order valence-electron chi connectivity index (χ0n) is 26.9. The lowest BCUT2D eigenvalue weighted by molar-refractivity contribution is -0.142. The first-order chi connectivity index (χ1) is 23.7. The average molecular weight is 748 g/mol. The molecular formula is C33H36Cl2N6O8S. The van der Waals surface area contributed by atoms with Crippen LogP contribution in [-0.2, 0) is 35.6 Å². The second-order valence-electron chi connectivity index (χ2n) is 11.5. The normalized spacial score (nSPS) is 15.1. The molecule has 3 aromatic rings. The van der Waals surface area contributed by atoms with Gasteiger partial charge in [-0.25, -0.2) is 18.0 Å². The third-order valence-corrected chi connectivity index (χ3v) is 10.1. The number of aliphatic carboxylic acids is 1. The molecule has 1 aliphatic rings. The van der Waals surface area contributed by atoms with Crippen molar-refractivity contribution in [2.45, 2.75) is 49.6 Å². The number of hydrogen-bond donors (Lipinski definition) is 6. The number of nitrogens with zero attached hydrogens (tertiary/aromatic N) is 1. The number of sulfonamides is 1. The summed E-state index contributed by atoms with van der Waals surface area (Å²) in [6.07, 6.45) is 0.317. The molecule has 6 N–H and O–H groups in total. The highest BCUT2D eigenvalue weighted by Gasteiger charge is 2.40. The molecule has 1 fully saturated rings. The fourth-order valence-electron chi connectivity index (χ4n) is 5.18. The number of anilines is 2. The average Bonchev–Trinajstić information content (AvgIpc) is 3.56. The molecular weight excluding hydrogens is 711 g/mol. The van der Waals surface area contributed by atoms with Crippen molar-refractivity contribution in [3.63, 3.8) is 0 Å². The number of aryl methyl sites for hydroxylation is 1. The SMILES string of the molecule is Cc1ccccc1NC(=O)Nc1ccc(CC(=O)NCC(=O)NCC[C@H](NC(=O)[C@@H]2CCCN2S(=O)(=O)c2cc(Cl)cc(Cl)c2)C(=O)O)cc1. The molecule has 266 valence electrons. The van der Waals surface area contributed by atoms with Crippen molar-refractivity contribution in [1.29, 1.82) is 0 Å². The number of urea groups is 1. The van der Waals surface area contributed by atoms with Crippen molar-refractivity contribution in [3.05, 3.63) is 87.9 Å². The van der Waals surface area contributed by atoms with Crippen LogP contribution in [0.2, 0.25) is 10.0 Å². The molecule has 0 aromatic heterocycles. The van der Waals surface area contributed by atoms with Gasteiger partial charge in [0.15, 0.2) is 0 Å². The number of rotatable bonds is 14. The molecule has 50 heavy (non-hydrogen) atoms. The molecule has 1 aliphatic heterocycles. The van der Waals surface area contributed by atoms with Crippen molar-refractivity contribution in [2.24, 2.45) is 0 Å². The van der Waals surface area contributed by atoms with E-state index in [2.05, 4.69) is 26.6 Å². The summed E-state index contributed by atoms with van der Waals surface area (Å²) in [5, 5.41) is 22.7. The maximum atomic E-state index is 13.3. The predicted octanol–water partition coefficient (Wildman–Crippen LogP) is 3.53. The summed E-state index contributed by atoms with van der Waals surface area (Å²) in [5.41, 5.74) is 2.75. The summed E-state index contributed by atoms with van der Waals surface area (Å²) in [7, 11) is -4.17. The van der Waals surface area contributed by atoms with Gasteiger partial charge in [-0.1, -0.05) is 53.5 Å². The predicted molar refractivity (Wildman–Crippen MR) is 188 cm³/mol. The largest absolute Gasteiger partial charge is 0.480 e. The Kier molecular flexibility index (Phi) is 13.2. The van der Waals surface area contributed by atoms with Crippen molar-refractivity contribution >= 4 is 74.3 Å². The van der Waals surface area contributed by atoms with Crippen LogP contribution in [0.25, 0.3) is 0 Å². The van der Waals surface area contributed by atoms with E-state index in [4.69, 9.17) is 23.2 Å². The lowest BCUT2D eigenvalue weighted by Gasteiger charge is -2.25. The zero-order chi connectivity index (χ0) is 36.4. The van der Waals surface area contributed by atoms with Crippen LogP contribution in [0.5, 0.6) is 0 Å². The Morgan fingerprint density at radius 2 is 1.60 bits per heavy atom. The first kappa shape index (κ1) is 38.1. The van der Waals surface area contributed by atoms with Gasteiger partial charge in [-0.15, -0.1) is 0 Å². The summed E-state index contributed by atoms with van der Waals surface area (Å²) < 4.78 is 27.5. The summed E-state index contributed by atoms with van der Waals surface area (Å²) in [5.74, 6) is -3.19. The van der Waals surface area contributed by atoms with Crippen LogP contribution in [0.15, 0.2) is 71.6 Å². The van der Waals surface area contributed by atoms with E-state index in [1.807, 2.05) is 25.1 Å². The van der Waals surface area contributed by atoms with Gasteiger partial charge >= 0.3 is 12.0 Å². The molecule has 3 aromatic carbocycles. The van der Waals surface area contributed by atoms with E-state index in [1.54, 1.807) is 30.3 Å². The van der Waals surface area contributed by atoms with Gasteiger partial charge in [-0.3, -0.25) is 14.4 Å². The molecule has 4 rings (SSSR count). The van der Waals surface area contributed by atoms with E-state index in [0.717, 1.165) is 9.87 Å². The summed E-state index contributed by atoms with van der Waals surface area (Å²) in [4.78, 5) is 61.8. The Morgan fingerprint density at radius 3 is 2.26 bits per heavy atom. The Hall–Kier alpha value is -4.70. The molecule has 17 heteroatoms.